The highest BCUT2D eigenvalue weighted by Gasteiger charge is 2.13. The first-order valence-corrected chi connectivity index (χ1v) is 9.69. The van der Waals surface area contributed by atoms with Gasteiger partial charge in [0.25, 0.3) is 0 Å². The Labute approximate surface area is 177 Å². The topological polar surface area (TPSA) is 65.7 Å². The van der Waals surface area contributed by atoms with E-state index in [1.54, 1.807) is 60.7 Å². The van der Waals surface area contributed by atoms with Gasteiger partial charge in [-0.2, -0.15) is 0 Å². The number of carbonyl (C=O) groups is 1. The van der Waals surface area contributed by atoms with Gasteiger partial charge in [-0.25, -0.2) is 4.79 Å². The molecule has 0 fully saturated rings. The molecular weight excluding hydrogens is 404 g/mol. The summed E-state index contributed by atoms with van der Waals surface area (Å²) in [6, 6.07) is 18.3. The average molecular weight is 421 g/mol. The van der Waals surface area contributed by atoms with E-state index < -0.39 is 5.97 Å². The second kappa shape index (κ2) is 8.43. The summed E-state index contributed by atoms with van der Waals surface area (Å²) in [5, 5.41) is 0.978. The molecule has 6 heteroatoms. The molecule has 0 N–H and O–H groups in total. The van der Waals surface area contributed by atoms with E-state index in [1.165, 1.54) is 12.3 Å². The fraction of sp³-hybridized carbons (Fsp3) is 0.0833. The van der Waals surface area contributed by atoms with Crippen LogP contribution in [0.15, 0.2) is 82.2 Å². The Morgan fingerprint density at radius 2 is 1.67 bits per heavy atom. The zero-order chi connectivity index (χ0) is 21.1. The van der Waals surface area contributed by atoms with Crippen LogP contribution >= 0.6 is 11.6 Å². The zero-order valence-corrected chi connectivity index (χ0v) is 16.8. The lowest BCUT2D eigenvalue weighted by Gasteiger charge is -2.07. The number of hydrogen-bond donors (Lipinski definition) is 0. The Morgan fingerprint density at radius 1 is 0.967 bits per heavy atom. The van der Waals surface area contributed by atoms with Crippen LogP contribution in [0.1, 0.15) is 17.3 Å². The van der Waals surface area contributed by atoms with Crippen LogP contribution in [-0.2, 0) is 0 Å². The third-order valence-corrected chi connectivity index (χ3v) is 4.76. The van der Waals surface area contributed by atoms with Crippen LogP contribution in [-0.4, -0.2) is 12.6 Å². The van der Waals surface area contributed by atoms with Gasteiger partial charge in [0.1, 0.15) is 23.3 Å². The van der Waals surface area contributed by atoms with Crippen molar-refractivity contribution in [2.24, 2.45) is 0 Å². The van der Waals surface area contributed by atoms with Gasteiger partial charge in [0.15, 0.2) is 5.43 Å². The Balaban J connectivity index is 1.59. The number of ether oxygens (including phenoxy) is 2. The molecule has 150 valence electrons. The van der Waals surface area contributed by atoms with Crippen molar-refractivity contribution in [1.29, 1.82) is 0 Å². The normalized spacial score (nSPS) is 10.7. The van der Waals surface area contributed by atoms with Gasteiger partial charge in [-0.1, -0.05) is 23.7 Å². The number of carbonyl (C=O) groups excluding carboxylic acids is 1. The number of esters is 1. The lowest BCUT2D eigenvalue weighted by Crippen LogP contribution is -2.09. The fourth-order valence-electron chi connectivity index (χ4n) is 3.02. The molecule has 4 aromatic rings. The number of fused-ring (bicyclic) bond motifs is 1. The number of halogens is 1. The average Bonchev–Trinajstić information content (AvgIpc) is 2.75. The van der Waals surface area contributed by atoms with Crippen LogP contribution in [0, 0.1) is 0 Å². The molecule has 0 saturated carbocycles. The first-order chi connectivity index (χ1) is 14.5. The molecule has 0 atom stereocenters. The number of rotatable bonds is 5. The summed E-state index contributed by atoms with van der Waals surface area (Å²) < 4.78 is 16.4. The number of benzene rings is 3. The van der Waals surface area contributed by atoms with E-state index in [9.17, 15) is 9.59 Å². The molecule has 3 aromatic carbocycles. The molecule has 0 bridgehead atoms. The molecule has 0 aliphatic carbocycles. The van der Waals surface area contributed by atoms with Crippen LogP contribution in [0.3, 0.4) is 0 Å². The van der Waals surface area contributed by atoms with E-state index in [-0.39, 0.29) is 11.2 Å². The summed E-state index contributed by atoms with van der Waals surface area (Å²) >= 11 is 5.91. The molecule has 1 aromatic heterocycles. The Hall–Kier alpha value is -3.57. The minimum atomic E-state index is -0.516. The van der Waals surface area contributed by atoms with Crippen molar-refractivity contribution in [2.75, 3.05) is 6.61 Å². The smallest absolute Gasteiger partial charge is 0.343 e. The van der Waals surface area contributed by atoms with Crippen molar-refractivity contribution < 1.29 is 18.7 Å². The van der Waals surface area contributed by atoms with Crippen molar-refractivity contribution in [3.8, 4) is 22.6 Å². The van der Waals surface area contributed by atoms with E-state index in [4.69, 9.17) is 25.5 Å². The van der Waals surface area contributed by atoms with Crippen LogP contribution in [0.5, 0.6) is 11.5 Å². The van der Waals surface area contributed by atoms with Gasteiger partial charge in [0, 0.05) is 11.1 Å². The van der Waals surface area contributed by atoms with Gasteiger partial charge in [0.2, 0.25) is 0 Å². The van der Waals surface area contributed by atoms with Crippen molar-refractivity contribution in [3.63, 3.8) is 0 Å². The van der Waals surface area contributed by atoms with Gasteiger partial charge in [-0.05, 0) is 61.0 Å². The molecule has 0 aliphatic heterocycles. The second-order valence-corrected chi connectivity index (χ2v) is 6.93. The second-order valence-electron chi connectivity index (χ2n) is 6.49. The lowest BCUT2D eigenvalue weighted by atomic mass is 10.1. The molecule has 0 radical (unpaired) electrons. The molecule has 0 amide bonds. The molecule has 0 unspecified atom stereocenters. The highest BCUT2D eigenvalue weighted by atomic mass is 35.5. The predicted molar refractivity (Wildman–Crippen MR) is 115 cm³/mol. The maximum Gasteiger partial charge on any atom is 0.343 e. The monoisotopic (exact) mass is 420 g/mol. The van der Waals surface area contributed by atoms with Gasteiger partial charge >= 0.3 is 5.97 Å². The van der Waals surface area contributed by atoms with Gasteiger partial charge < -0.3 is 13.9 Å². The minimum Gasteiger partial charge on any atom is -0.494 e. The summed E-state index contributed by atoms with van der Waals surface area (Å²) in [6.45, 7) is 2.44. The quantitative estimate of drug-likeness (QED) is 0.304. The lowest BCUT2D eigenvalue weighted by molar-refractivity contribution is 0.0735. The van der Waals surface area contributed by atoms with E-state index in [1.807, 2.05) is 6.92 Å². The molecule has 0 saturated heterocycles. The molecule has 4 rings (SSSR count). The Morgan fingerprint density at radius 3 is 2.37 bits per heavy atom. The van der Waals surface area contributed by atoms with E-state index in [0.717, 1.165) is 0 Å². The third kappa shape index (κ3) is 4.07. The van der Waals surface area contributed by atoms with Crippen LogP contribution in [0.4, 0.5) is 0 Å². The SMILES string of the molecule is CCOc1ccc(C(=O)Oc2ccc3c(=O)c(-c4ccc(Cl)cc4)coc3c2)cc1. The van der Waals surface area contributed by atoms with Gasteiger partial charge in [-0.3, -0.25) is 4.79 Å². The fourth-order valence-corrected chi connectivity index (χ4v) is 3.15. The van der Waals surface area contributed by atoms with E-state index in [0.29, 0.717) is 45.0 Å². The Kier molecular flexibility index (Phi) is 5.55. The van der Waals surface area contributed by atoms with Crippen LogP contribution in [0.25, 0.3) is 22.1 Å². The Bertz CT molecular complexity index is 1260. The first-order valence-electron chi connectivity index (χ1n) is 9.31. The molecular formula is C24H17ClO5. The molecule has 0 aliphatic rings. The molecule has 30 heavy (non-hydrogen) atoms. The van der Waals surface area contributed by atoms with E-state index in [2.05, 4.69) is 0 Å². The van der Waals surface area contributed by atoms with Crippen molar-refractivity contribution >= 4 is 28.5 Å². The highest BCUT2D eigenvalue weighted by molar-refractivity contribution is 6.30. The van der Waals surface area contributed by atoms with Crippen molar-refractivity contribution in [2.45, 2.75) is 6.92 Å². The summed E-state index contributed by atoms with van der Waals surface area (Å²) in [5.41, 5.74) is 1.68. The van der Waals surface area contributed by atoms with Crippen LogP contribution < -0.4 is 14.9 Å². The van der Waals surface area contributed by atoms with E-state index >= 15 is 0 Å². The molecule has 1 heterocycles. The maximum atomic E-state index is 12.8. The zero-order valence-electron chi connectivity index (χ0n) is 16.1. The molecule has 5 nitrogen and oxygen atoms in total. The maximum absolute atomic E-state index is 12.8. The highest BCUT2D eigenvalue weighted by Crippen LogP contribution is 2.25. The van der Waals surface area contributed by atoms with Crippen molar-refractivity contribution in [3.05, 3.63) is 93.8 Å². The minimum absolute atomic E-state index is 0.178. The molecule has 0 spiro atoms. The summed E-state index contributed by atoms with van der Waals surface area (Å²) in [4.78, 5) is 25.2. The van der Waals surface area contributed by atoms with Gasteiger partial charge in [-0.15, -0.1) is 0 Å². The predicted octanol–water partition coefficient (Wildman–Crippen LogP) is 5.73. The van der Waals surface area contributed by atoms with Crippen LogP contribution in [0.2, 0.25) is 5.02 Å². The summed E-state index contributed by atoms with van der Waals surface area (Å²) in [6.07, 6.45) is 1.39. The third-order valence-electron chi connectivity index (χ3n) is 4.51. The van der Waals surface area contributed by atoms with Crippen molar-refractivity contribution in [1.82, 2.24) is 0 Å². The van der Waals surface area contributed by atoms with Gasteiger partial charge in [0.05, 0.1) is 23.1 Å². The number of hydrogen-bond acceptors (Lipinski definition) is 5. The standard InChI is InChI=1S/C24H17ClO5/c1-2-28-18-9-5-16(6-10-18)24(27)30-19-11-12-20-22(13-19)29-14-21(23(20)26)15-3-7-17(25)8-4-15/h3-14H,2H2,1H3. The summed E-state index contributed by atoms with van der Waals surface area (Å²) in [7, 11) is 0. The largest absolute Gasteiger partial charge is 0.494 e. The summed E-state index contributed by atoms with van der Waals surface area (Å²) in [5.74, 6) is 0.444. The first kappa shape index (κ1) is 19.7.